The molecule has 1 aromatic carbocycles. The zero-order valence-corrected chi connectivity index (χ0v) is 23.0. The molecule has 202 valence electrons. The summed E-state index contributed by atoms with van der Waals surface area (Å²) < 4.78 is 11.4. The predicted octanol–water partition coefficient (Wildman–Crippen LogP) is 5.43. The van der Waals surface area contributed by atoms with E-state index in [1.807, 2.05) is 63.2 Å². The van der Waals surface area contributed by atoms with Gasteiger partial charge in [-0.05, 0) is 45.5 Å². The van der Waals surface area contributed by atoms with Gasteiger partial charge in [0.15, 0.2) is 11.7 Å². The molecule has 3 rings (SSSR count). The Kier molecular flexibility index (Phi) is 12.8. The Balaban J connectivity index is 0.000000410. The number of amides is 1. The van der Waals surface area contributed by atoms with Gasteiger partial charge in [-0.1, -0.05) is 44.9 Å². The van der Waals surface area contributed by atoms with Gasteiger partial charge in [0.25, 0.3) is 0 Å². The van der Waals surface area contributed by atoms with Crippen molar-refractivity contribution < 1.29 is 18.7 Å². The van der Waals surface area contributed by atoms with Gasteiger partial charge in [-0.25, -0.2) is 9.97 Å². The van der Waals surface area contributed by atoms with Crippen LogP contribution in [0.15, 0.2) is 40.9 Å². The van der Waals surface area contributed by atoms with Crippen LogP contribution in [-0.4, -0.2) is 54.3 Å². The average Bonchev–Trinajstić information content (AvgIpc) is 3.37. The van der Waals surface area contributed by atoms with E-state index in [1.54, 1.807) is 13.3 Å². The van der Waals surface area contributed by atoms with Crippen molar-refractivity contribution in [2.45, 2.75) is 65.2 Å². The molecule has 0 saturated carbocycles. The van der Waals surface area contributed by atoms with Gasteiger partial charge in [-0.15, -0.1) is 0 Å². The monoisotopic (exact) mass is 510 g/mol. The van der Waals surface area contributed by atoms with Crippen LogP contribution in [-0.2, 0) is 16.0 Å². The number of oxazole rings is 1. The van der Waals surface area contributed by atoms with E-state index in [1.165, 1.54) is 0 Å². The minimum Gasteiger partial charge on any atom is -0.480 e. The van der Waals surface area contributed by atoms with Gasteiger partial charge < -0.3 is 19.8 Å². The first-order valence-corrected chi connectivity index (χ1v) is 13.1. The quantitative estimate of drug-likeness (QED) is 0.288. The van der Waals surface area contributed by atoms with Crippen molar-refractivity contribution in [3.63, 3.8) is 0 Å². The lowest BCUT2D eigenvalue weighted by molar-refractivity contribution is -0.122. The molecule has 0 aliphatic heterocycles. The van der Waals surface area contributed by atoms with E-state index >= 15 is 0 Å². The highest BCUT2D eigenvalue weighted by molar-refractivity contribution is 5.85. The SMILES string of the molecule is CCC(=O)CCCCCCc1ncc(-c2cc3ccccc3nc2OC)o1.CCC(CN(C)C)C(N)=O. The van der Waals surface area contributed by atoms with Crippen LogP contribution in [0.3, 0.4) is 0 Å². The van der Waals surface area contributed by atoms with E-state index in [9.17, 15) is 9.59 Å². The van der Waals surface area contributed by atoms with Gasteiger partial charge in [0.05, 0.1) is 30.3 Å². The third kappa shape index (κ3) is 9.96. The third-order valence-electron chi connectivity index (χ3n) is 6.17. The second-order valence-corrected chi connectivity index (χ2v) is 9.43. The maximum Gasteiger partial charge on any atom is 0.224 e. The number of ether oxygens (including phenoxy) is 1. The number of nitrogens with two attached hydrogens (primary N) is 1. The van der Waals surface area contributed by atoms with Gasteiger partial charge >= 0.3 is 0 Å². The molecule has 8 nitrogen and oxygen atoms in total. The van der Waals surface area contributed by atoms with E-state index in [-0.39, 0.29) is 11.8 Å². The van der Waals surface area contributed by atoms with Crippen molar-refractivity contribution in [2.75, 3.05) is 27.7 Å². The molecule has 3 aromatic rings. The highest BCUT2D eigenvalue weighted by atomic mass is 16.5. The number of rotatable bonds is 14. The van der Waals surface area contributed by atoms with Crippen molar-refractivity contribution in [1.29, 1.82) is 0 Å². The lowest BCUT2D eigenvalue weighted by atomic mass is 10.1. The van der Waals surface area contributed by atoms with Crippen LogP contribution in [0, 0.1) is 5.92 Å². The largest absolute Gasteiger partial charge is 0.480 e. The number of hydrogen-bond acceptors (Lipinski definition) is 7. The zero-order valence-electron chi connectivity index (χ0n) is 23.0. The van der Waals surface area contributed by atoms with Crippen LogP contribution >= 0.6 is 0 Å². The molecule has 0 radical (unpaired) electrons. The molecule has 0 bridgehead atoms. The molecular formula is C29H42N4O4. The molecule has 0 aliphatic carbocycles. The van der Waals surface area contributed by atoms with E-state index in [0.717, 1.165) is 67.4 Å². The fourth-order valence-corrected chi connectivity index (χ4v) is 3.97. The molecule has 0 aliphatic rings. The van der Waals surface area contributed by atoms with Crippen LogP contribution in [0.1, 0.15) is 64.7 Å². The summed E-state index contributed by atoms with van der Waals surface area (Å²) in [6.45, 7) is 4.65. The highest BCUT2D eigenvalue weighted by Gasteiger charge is 2.15. The van der Waals surface area contributed by atoms with Gasteiger partial charge in [-0.3, -0.25) is 9.59 Å². The minimum absolute atomic E-state index is 0.00926. The molecule has 1 amide bonds. The minimum atomic E-state index is -0.198. The molecule has 2 N–H and O–H groups in total. The number of benzene rings is 1. The van der Waals surface area contributed by atoms with Gasteiger partial charge in [0.2, 0.25) is 11.8 Å². The number of pyridine rings is 1. The van der Waals surface area contributed by atoms with Crippen molar-refractivity contribution in [3.8, 4) is 17.2 Å². The molecule has 1 atom stereocenters. The standard InChI is InChI=1S/C22H26N2O3.C7H16N2O/c1-3-17(25)11-6-4-5-7-13-21-23-15-20(27-21)18-14-16-10-8-9-12-19(16)24-22(18)26-2;1-4-6(7(8)10)5-9(2)3/h8-10,12,14-15H,3-7,11,13H2,1-2H3;6H,4-5H2,1-3H3,(H2,8,10). The fourth-order valence-electron chi connectivity index (χ4n) is 3.97. The van der Waals surface area contributed by atoms with Gasteiger partial charge in [0.1, 0.15) is 5.78 Å². The number of ketones is 1. The summed E-state index contributed by atoms with van der Waals surface area (Å²) in [5.74, 6) is 2.10. The first kappa shape index (κ1) is 30.0. The molecule has 0 saturated heterocycles. The number of aryl methyl sites for hydroxylation is 1. The van der Waals surface area contributed by atoms with Crippen molar-refractivity contribution >= 4 is 22.6 Å². The van der Waals surface area contributed by atoms with Crippen LogP contribution in [0.4, 0.5) is 0 Å². The number of carbonyl (C=O) groups excluding carboxylic acids is 2. The maximum atomic E-state index is 11.3. The van der Waals surface area contributed by atoms with Crippen LogP contribution in [0.2, 0.25) is 0 Å². The fraction of sp³-hybridized carbons (Fsp3) is 0.517. The molecule has 8 heteroatoms. The number of carbonyl (C=O) groups is 2. The number of aromatic nitrogens is 2. The number of para-hydroxylation sites is 1. The molecule has 2 aromatic heterocycles. The number of methoxy groups -OCH3 is 1. The van der Waals surface area contributed by atoms with Crippen molar-refractivity contribution in [1.82, 2.24) is 14.9 Å². The van der Waals surface area contributed by atoms with E-state index in [2.05, 4.69) is 9.97 Å². The lowest BCUT2D eigenvalue weighted by Crippen LogP contribution is -2.31. The predicted molar refractivity (Wildman–Crippen MR) is 147 cm³/mol. The summed E-state index contributed by atoms with van der Waals surface area (Å²) in [4.78, 5) is 32.9. The number of unbranched alkanes of at least 4 members (excludes halogenated alkanes) is 3. The molecule has 0 spiro atoms. The normalized spacial score (nSPS) is 11.7. The maximum absolute atomic E-state index is 11.3. The number of nitrogens with zero attached hydrogens (tertiary/aromatic N) is 3. The summed E-state index contributed by atoms with van der Waals surface area (Å²) in [7, 11) is 5.48. The van der Waals surface area contributed by atoms with Crippen LogP contribution in [0.5, 0.6) is 5.88 Å². The van der Waals surface area contributed by atoms with Crippen LogP contribution in [0.25, 0.3) is 22.2 Å². The zero-order chi connectivity index (χ0) is 27.2. The number of fused-ring (bicyclic) bond motifs is 1. The first-order chi connectivity index (χ1) is 17.8. The second-order valence-electron chi connectivity index (χ2n) is 9.43. The summed E-state index contributed by atoms with van der Waals surface area (Å²) in [6, 6.07) is 9.95. The van der Waals surface area contributed by atoms with E-state index < -0.39 is 0 Å². The molecule has 1 unspecified atom stereocenters. The number of primary amides is 1. The second kappa shape index (κ2) is 15.8. The smallest absolute Gasteiger partial charge is 0.224 e. The lowest BCUT2D eigenvalue weighted by Gasteiger charge is -2.15. The molecular weight excluding hydrogens is 468 g/mol. The number of hydrogen-bond donors (Lipinski definition) is 1. The van der Waals surface area contributed by atoms with E-state index in [4.69, 9.17) is 14.9 Å². The summed E-state index contributed by atoms with van der Waals surface area (Å²) >= 11 is 0. The molecule has 2 heterocycles. The summed E-state index contributed by atoms with van der Waals surface area (Å²) in [5, 5.41) is 1.04. The Morgan fingerprint density at radius 3 is 2.46 bits per heavy atom. The number of Topliss-reactive ketones (excluding diaryl/α,β-unsaturated/α-hetero) is 1. The topological polar surface area (TPSA) is 112 Å². The molecule has 0 fully saturated rings. The van der Waals surface area contributed by atoms with Gasteiger partial charge in [0, 0.05) is 31.2 Å². The Morgan fingerprint density at radius 2 is 1.84 bits per heavy atom. The Bertz CT molecular complexity index is 1130. The average molecular weight is 511 g/mol. The van der Waals surface area contributed by atoms with Crippen LogP contribution < -0.4 is 10.5 Å². The Labute approximate surface area is 220 Å². The summed E-state index contributed by atoms with van der Waals surface area (Å²) in [6.07, 6.45) is 8.84. The highest BCUT2D eigenvalue weighted by Crippen LogP contribution is 2.32. The Hall–Kier alpha value is -3.26. The van der Waals surface area contributed by atoms with Crippen molar-refractivity contribution in [2.24, 2.45) is 11.7 Å². The van der Waals surface area contributed by atoms with Gasteiger partial charge in [-0.2, -0.15) is 0 Å². The molecule has 37 heavy (non-hydrogen) atoms. The van der Waals surface area contributed by atoms with Crippen molar-refractivity contribution in [3.05, 3.63) is 42.4 Å². The van der Waals surface area contributed by atoms with E-state index in [0.29, 0.717) is 30.3 Å². The third-order valence-corrected chi connectivity index (χ3v) is 6.17. The summed E-state index contributed by atoms with van der Waals surface area (Å²) in [5.41, 5.74) is 6.83. The first-order valence-electron chi connectivity index (χ1n) is 13.1. The Morgan fingerprint density at radius 1 is 1.11 bits per heavy atom.